The third-order valence-corrected chi connectivity index (χ3v) is 5.15. The molecule has 0 radical (unpaired) electrons. The molecule has 154 valence electrons. The predicted octanol–water partition coefficient (Wildman–Crippen LogP) is 3.57. The Balaban J connectivity index is 1.61. The molecule has 0 unspecified atom stereocenters. The molecule has 1 aromatic heterocycles. The summed E-state index contributed by atoms with van der Waals surface area (Å²) in [7, 11) is 0. The summed E-state index contributed by atoms with van der Waals surface area (Å²) < 4.78 is 10.6. The molecule has 1 atom stereocenters. The van der Waals surface area contributed by atoms with Gasteiger partial charge in [0, 0.05) is 19.0 Å². The Morgan fingerprint density at radius 3 is 2.43 bits per heavy atom. The molecule has 3 heterocycles. The first-order chi connectivity index (χ1) is 13.2. The number of carbonyl (C=O) groups excluding carboxylic acids is 2. The Morgan fingerprint density at radius 1 is 1.21 bits per heavy atom. The van der Waals surface area contributed by atoms with E-state index in [-0.39, 0.29) is 30.1 Å². The summed E-state index contributed by atoms with van der Waals surface area (Å²) in [5.74, 6) is 1.04. The number of piperidine rings is 1. The molecule has 0 aromatic carbocycles. The van der Waals surface area contributed by atoms with Crippen LogP contribution in [0.2, 0.25) is 0 Å². The van der Waals surface area contributed by atoms with Gasteiger partial charge in [0.1, 0.15) is 12.2 Å². The molecule has 0 aliphatic carbocycles. The molecule has 0 bridgehead atoms. The summed E-state index contributed by atoms with van der Waals surface area (Å²) in [6.07, 6.45) is 4.39. The summed E-state index contributed by atoms with van der Waals surface area (Å²) >= 11 is 0. The SMILES string of the molecule is CC(C)[C@@H]1COC(=O)N1c1cnc(C2CCN(C(=O)OC(C)(C)C)CC2)cn1. The van der Waals surface area contributed by atoms with Crippen LogP contribution in [0.15, 0.2) is 12.4 Å². The average Bonchev–Trinajstić information content (AvgIpc) is 3.02. The lowest BCUT2D eigenvalue weighted by Crippen LogP contribution is -2.41. The maximum Gasteiger partial charge on any atom is 0.415 e. The second-order valence-electron chi connectivity index (χ2n) is 8.80. The Bertz CT molecular complexity index is 706. The molecule has 0 saturated carbocycles. The number of carbonyl (C=O) groups is 2. The number of aromatic nitrogens is 2. The number of amides is 2. The van der Waals surface area contributed by atoms with Gasteiger partial charge in [0.15, 0.2) is 5.82 Å². The molecule has 2 aliphatic heterocycles. The fraction of sp³-hybridized carbons (Fsp3) is 0.700. The zero-order valence-corrected chi connectivity index (χ0v) is 17.3. The van der Waals surface area contributed by atoms with Gasteiger partial charge in [-0.3, -0.25) is 9.88 Å². The van der Waals surface area contributed by atoms with Crippen molar-refractivity contribution in [2.75, 3.05) is 24.6 Å². The van der Waals surface area contributed by atoms with Crippen molar-refractivity contribution in [2.45, 2.75) is 65.0 Å². The number of ether oxygens (including phenoxy) is 2. The van der Waals surface area contributed by atoms with Crippen molar-refractivity contribution in [3.8, 4) is 0 Å². The van der Waals surface area contributed by atoms with Gasteiger partial charge in [-0.05, 0) is 39.5 Å². The minimum Gasteiger partial charge on any atom is -0.447 e. The lowest BCUT2D eigenvalue weighted by molar-refractivity contribution is 0.0204. The van der Waals surface area contributed by atoms with Crippen LogP contribution in [0.3, 0.4) is 0 Å². The molecule has 2 saturated heterocycles. The van der Waals surface area contributed by atoms with Gasteiger partial charge >= 0.3 is 12.2 Å². The highest BCUT2D eigenvalue weighted by Gasteiger charge is 2.37. The maximum absolute atomic E-state index is 12.2. The highest BCUT2D eigenvalue weighted by Crippen LogP contribution is 2.29. The summed E-state index contributed by atoms with van der Waals surface area (Å²) in [6, 6.07) is -0.0234. The molecule has 8 heteroatoms. The van der Waals surface area contributed by atoms with Crippen molar-refractivity contribution in [1.29, 1.82) is 0 Å². The highest BCUT2D eigenvalue weighted by molar-refractivity contribution is 5.88. The summed E-state index contributed by atoms with van der Waals surface area (Å²) in [5.41, 5.74) is 0.404. The topological polar surface area (TPSA) is 84.9 Å². The van der Waals surface area contributed by atoms with Crippen molar-refractivity contribution in [3.63, 3.8) is 0 Å². The zero-order valence-electron chi connectivity index (χ0n) is 17.3. The van der Waals surface area contributed by atoms with Crippen molar-refractivity contribution < 1.29 is 19.1 Å². The summed E-state index contributed by atoms with van der Waals surface area (Å²) in [5, 5.41) is 0. The van der Waals surface area contributed by atoms with Crippen LogP contribution in [-0.2, 0) is 9.47 Å². The molecular formula is C20H30N4O4. The van der Waals surface area contributed by atoms with E-state index in [1.165, 1.54) is 0 Å². The van der Waals surface area contributed by atoms with E-state index in [0.717, 1.165) is 18.5 Å². The first-order valence-electron chi connectivity index (χ1n) is 9.91. The minimum atomic E-state index is -0.486. The number of anilines is 1. The molecule has 0 N–H and O–H groups in total. The van der Waals surface area contributed by atoms with Crippen molar-refractivity contribution in [1.82, 2.24) is 14.9 Å². The minimum absolute atomic E-state index is 0.0234. The van der Waals surface area contributed by atoms with Crippen molar-refractivity contribution in [3.05, 3.63) is 18.1 Å². The lowest BCUT2D eigenvalue weighted by Gasteiger charge is -2.33. The van der Waals surface area contributed by atoms with Gasteiger partial charge in [0.25, 0.3) is 0 Å². The van der Waals surface area contributed by atoms with E-state index in [0.29, 0.717) is 25.5 Å². The molecule has 2 fully saturated rings. The summed E-state index contributed by atoms with van der Waals surface area (Å²) in [4.78, 5) is 36.6. The van der Waals surface area contributed by atoms with Crippen LogP contribution in [0.1, 0.15) is 59.1 Å². The van der Waals surface area contributed by atoms with Gasteiger partial charge in [0.2, 0.25) is 0 Å². The zero-order chi connectivity index (χ0) is 20.5. The van der Waals surface area contributed by atoms with Gasteiger partial charge in [0.05, 0.1) is 24.1 Å². The molecule has 2 aliphatic rings. The number of cyclic esters (lactones) is 1. The second-order valence-corrected chi connectivity index (χ2v) is 8.80. The standard InChI is InChI=1S/C20H30N4O4/c1-13(2)16-12-27-19(26)24(16)17-11-21-15(10-22-17)14-6-8-23(9-7-14)18(25)28-20(3,4)5/h10-11,13-14,16H,6-9,12H2,1-5H3/t16-/m0/s1. The third-order valence-electron chi connectivity index (χ3n) is 5.15. The van der Waals surface area contributed by atoms with Crippen molar-refractivity contribution in [2.24, 2.45) is 5.92 Å². The number of likely N-dealkylation sites (tertiary alicyclic amines) is 1. The van der Waals surface area contributed by atoms with Gasteiger partial charge < -0.3 is 14.4 Å². The Hall–Kier alpha value is -2.38. The van der Waals surface area contributed by atoms with Crippen LogP contribution >= 0.6 is 0 Å². The van der Waals surface area contributed by atoms with Crippen LogP contribution in [0, 0.1) is 5.92 Å². The predicted molar refractivity (Wildman–Crippen MR) is 104 cm³/mol. The fourth-order valence-electron chi connectivity index (χ4n) is 3.54. The molecule has 2 amide bonds. The molecule has 28 heavy (non-hydrogen) atoms. The van der Waals surface area contributed by atoms with Gasteiger partial charge in [-0.25, -0.2) is 14.6 Å². The highest BCUT2D eigenvalue weighted by atomic mass is 16.6. The fourth-order valence-corrected chi connectivity index (χ4v) is 3.54. The maximum atomic E-state index is 12.2. The molecule has 1 aromatic rings. The largest absolute Gasteiger partial charge is 0.447 e. The van der Waals surface area contributed by atoms with E-state index in [9.17, 15) is 9.59 Å². The van der Waals surface area contributed by atoms with E-state index in [4.69, 9.17) is 9.47 Å². The van der Waals surface area contributed by atoms with Crippen LogP contribution in [0.5, 0.6) is 0 Å². The first kappa shape index (κ1) is 20.4. The first-order valence-corrected chi connectivity index (χ1v) is 9.91. The monoisotopic (exact) mass is 390 g/mol. The number of hydrogen-bond donors (Lipinski definition) is 0. The van der Waals surface area contributed by atoms with Crippen LogP contribution in [-0.4, -0.2) is 58.4 Å². The van der Waals surface area contributed by atoms with E-state index in [1.807, 2.05) is 20.8 Å². The quantitative estimate of drug-likeness (QED) is 0.784. The smallest absolute Gasteiger partial charge is 0.415 e. The Labute approximate surface area is 166 Å². The normalized spacial score (nSPS) is 21.2. The second kappa shape index (κ2) is 7.93. The Morgan fingerprint density at radius 2 is 1.89 bits per heavy atom. The molecule has 0 spiro atoms. The van der Waals surface area contributed by atoms with Crippen LogP contribution < -0.4 is 4.90 Å². The molecule has 3 rings (SSSR count). The summed E-state index contributed by atoms with van der Waals surface area (Å²) in [6.45, 7) is 11.4. The van der Waals surface area contributed by atoms with E-state index in [2.05, 4.69) is 23.8 Å². The van der Waals surface area contributed by atoms with Crippen molar-refractivity contribution >= 4 is 18.0 Å². The average molecular weight is 390 g/mol. The van der Waals surface area contributed by atoms with E-state index in [1.54, 1.807) is 22.2 Å². The number of nitrogens with zero attached hydrogens (tertiary/aromatic N) is 4. The Kier molecular flexibility index (Phi) is 5.76. The number of hydrogen-bond acceptors (Lipinski definition) is 6. The van der Waals surface area contributed by atoms with Crippen LogP contribution in [0.4, 0.5) is 15.4 Å². The number of rotatable bonds is 3. The van der Waals surface area contributed by atoms with Gasteiger partial charge in [-0.15, -0.1) is 0 Å². The van der Waals surface area contributed by atoms with E-state index >= 15 is 0 Å². The van der Waals surface area contributed by atoms with Gasteiger partial charge in [-0.2, -0.15) is 0 Å². The van der Waals surface area contributed by atoms with Gasteiger partial charge in [-0.1, -0.05) is 13.8 Å². The van der Waals surface area contributed by atoms with E-state index < -0.39 is 5.60 Å². The molecular weight excluding hydrogens is 360 g/mol. The molecule has 8 nitrogen and oxygen atoms in total. The van der Waals surface area contributed by atoms with Crippen LogP contribution in [0.25, 0.3) is 0 Å². The lowest BCUT2D eigenvalue weighted by atomic mass is 9.94. The third kappa shape index (κ3) is 4.54.